The second-order valence-electron chi connectivity index (χ2n) is 5.05. The summed E-state index contributed by atoms with van der Waals surface area (Å²) in [5.74, 6) is 0.357. The van der Waals surface area contributed by atoms with Gasteiger partial charge in [-0.25, -0.2) is 9.97 Å². The van der Waals surface area contributed by atoms with Gasteiger partial charge in [0.15, 0.2) is 5.69 Å². The van der Waals surface area contributed by atoms with Crippen molar-refractivity contribution in [3.8, 4) is 11.3 Å². The lowest BCUT2D eigenvalue weighted by molar-refractivity contribution is -0.384. The normalized spacial score (nSPS) is 10.3. The summed E-state index contributed by atoms with van der Waals surface area (Å²) >= 11 is 0. The Balaban J connectivity index is 1.78. The molecule has 1 N–H and O–H groups in total. The van der Waals surface area contributed by atoms with Crippen molar-refractivity contribution in [2.75, 3.05) is 11.9 Å². The van der Waals surface area contributed by atoms with E-state index in [1.54, 1.807) is 18.3 Å². The topological polar surface area (TPSA) is 93.8 Å². The second kappa shape index (κ2) is 7.28. The highest BCUT2D eigenvalue weighted by Crippen LogP contribution is 2.27. The lowest BCUT2D eigenvalue weighted by Gasteiger charge is -2.07. The SMILES string of the molecule is O=[N+]([O-])c1cnc(NCCc2ccccn2)nc1-c1ccccc1. The summed E-state index contributed by atoms with van der Waals surface area (Å²) in [5.41, 5.74) is 1.82. The molecule has 0 spiro atoms. The minimum absolute atomic E-state index is 0.114. The van der Waals surface area contributed by atoms with Gasteiger partial charge in [-0.2, -0.15) is 0 Å². The molecule has 0 amide bonds. The Bertz CT molecular complexity index is 825. The molecule has 3 aromatic rings. The van der Waals surface area contributed by atoms with Crippen molar-refractivity contribution in [1.29, 1.82) is 0 Å². The first kappa shape index (κ1) is 15.5. The lowest BCUT2D eigenvalue weighted by Crippen LogP contribution is -2.09. The van der Waals surface area contributed by atoms with Gasteiger partial charge in [0.25, 0.3) is 0 Å². The molecule has 0 unspecified atom stereocenters. The van der Waals surface area contributed by atoms with Crippen LogP contribution in [-0.4, -0.2) is 26.4 Å². The van der Waals surface area contributed by atoms with Gasteiger partial charge < -0.3 is 5.32 Å². The van der Waals surface area contributed by atoms with Crippen LogP contribution in [0.25, 0.3) is 11.3 Å². The van der Waals surface area contributed by atoms with Crippen LogP contribution < -0.4 is 5.32 Å². The Labute approximate surface area is 138 Å². The Kier molecular flexibility index (Phi) is 4.71. The smallest absolute Gasteiger partial charge is 0.313 e. The highest BCUT2D eigenvalue weighted by molar-refractivity contribution is 5.69. The minimum Gasteiger partial charge on any atom is -0.354 e. The van der Waals surface area contributed by atoms with Crippen LogP contribution in [0.4, 0.5) is 11.6 Å². The molecule has 3 rings (SSSR count). The molecule has 0 aliphatic carbocycles. The molecule has 2 heterocycles. The summed E-state index contributed by atoms with van der Waals surface area (Å²) in [6, 6.07) is 14.8. The van der Waals surface area contributed by atoms with Crippen molar-refractivity contribution in [3.05, 3.63) is 76.7 Å². The molecule has 0 radical (unpaired) electrons. The molecular weight excluding hydrogens is 306 g/mol. The second-order valence-corrected chi connectivity index (χ2v) is 5.05. The number of nitrogens with zero attached hydrogens (tertiary/aromatic N) is 4. The molecule has 2 aromatic heterocycles. The summed E-state index contributed by atoms with van der Waals surface area (Å²) in [5, 5.41) is 14.3. The van der Waals surface area contributed by atoms with Crippen molar-refractivity contribution in [2.45, 2.75) is 6.42 Å². The average molecular weight is 321 g/mol. The summed E-state index contributed by atoms with van der Waals surface area (Å²) in [4.78, 5) is 23.3. The molecule has 1 aromatic carbocycles. The zero-order valence-corrected chi connectivity index (χ0v) is 12.8. The Hall–Kier alpha value is -3.35. The molecule has 0 aliphatic heterocycles. The van der Waals surface area contributed by atoms with Crippen LogP contribution in [0.2, 0.25) is 0 Å². The Morgan fingerprint density at radius 3 is 2.54 bits per heavy atom. The fourth-order valence-electron chi connectivity index (χ4n) is 2.25. The van der Waals surface area contributed by atoms with Crippen molar-refractivity contribution in [1.82, 2.24) is 15.0 Å². The van der Waals surface area contributed by atoms with Gasteiger partial charge in [0, 0.05) is 30.4 Å². The van der Waals surface area contributed by atoms with E-state index >= 15 is 0 Å². The van der Waals surface area contributed by atoms with Crippen LogP contribution in [0.15, 0.2) is 60.9 Å². The van der Waals surface area contributed by atoms with Crippen molar-refractivity contribution >= 4 is 11.6 Å². The van der Waals surface area contributed by atoms with Gasteiger partial charge in [-0.05, 0) is 12.1 Å². The Morgan fingerprint density at radius 1 is 1.04 bits per heavy atom. The van der Waals surface area contributed by atoms with Crippen LogP contribution in [-0.2, 0) is 6.42 Å². The molecule has 24 heavy (non-hydrogen) atoms. The lowest BCUT2D eigenvalue weighted by atomic mass is 10.1. The minimum atomic E-state index is -0.472. The highest BCUT2D eigenvalue weighted by Gasteiger charge is 2.18. The van der Waals surface area contributed by atoms with Crippen LogP contribution in [0.3, 0.4) is 0 Å². The van der Waals surface area contributed by atoms with Gasteiger partial charge in [-0.1, -0.05) is 36.4 Å². The van der Waals surface area contributed by atoms with Gasteiger partial charge in [-0.15, -0.1) is 0 Å². The quantitative estimate of drug-likeness (QED) is 0.554. The summed E-state index contributed by atoms with van der Waals surface area (Å²) in [6.07, 6.45) is 3.69. The van der Waals surface area contributed by atoms with E-state index in [1.807, 2.05) is 36.4 Å². The van der Waals surface area contributed by atoms with Crippen molar-refractivity contribution in [2.24, 2.45) is 0 Å². The molecular formula is C17H15N5O2. The Morgan fingerprint density at radius 2 is 1.83 bits per heavy atom. The maximum absolute atomic E-state index is 11.2. The fourth-order valence-corrected chi connectivity index (χ4v) is 2.25. The van der Waals surface area contributed by atoms with Gasteiger partial charge in [0.2, 0.25) is 5.95 Å². The van der Waals surface area contributed by atoms with E-state index in [0.717, 1.165) is 5.69 Å². The number of anilines is 1. The van der Waals surface area contributed by atoms with Gasteiger partial charge in [0.1, 0.15) is 6.20 Å². The average Bonchev–Trinajstić information content (AvgIpc) is 2.63. The maximum Gasteiger partial charge on any atom is 0.313 e. The van der Waals surface area contributed by atoms with Gasteiger partial charge in [-0.3, -0.25) is 15.1 Å². The third-order valence-corrected chi connectivity index (χ3v) is 3.40. The van der Waals surface area contributed by atoms with E-state index in [2.05, 4.69) is 20.3 Å². The molecule has 0 aliphatic rings. The molecule has 0 saturated heterocycles. The maximum atomic E-state index is 11.2. The van der Waals surface area contributed by atoms with E-state index in [1.165, 1.54) is 6.20 Å². The summed E-state index contributed by atoms with van der Waals surface area (Å²) < 4.78 is 0. The van der Waals surface area contributed by atoms with E-state index in [9.17, 15) is 10.1 Å². The van der Waals surface area contributed by atoms with E-state index in [-0.39, 0.29) is 5.69 Å². The largest absolute Gasteiger partial charge is 0.354 e. The number of nitro groups is 1. The first-order valence-corrected chi connectivity index (χ1v) is 7.44. The molecule has 7 nitrogen and oxygen atoms in total. The highest BCUT2D eigenvalue weighted by atomic mass is 16.6. The number of hydrogen-bond acceptors (Lipinski definition) is 6. The van der Waals surface area contributed by atoms with Crippen molar-refractivity contribution in [3.63, 3.8) is 0 Å². The fraction of sp³-hybridized carbons (Fsp3) is 0.118. The molecule has 0 fully saturated rings. The van der Waals surface area contributed by atoms with Crippen LogP contribution in [0.1, 0.15) is 5.69 Å². The molecule has 0 bridgehead atoms. The number of pyridine rings is 1. The number of aromatic nitrogens is 3. The molecule has 0 saturated carbocycles. The number of hydrogen-bond donors (Lipinski definition) is 1. The monoisotopic (exact) mass is 321 g/mol. The van der Waals surface area contributed by atoms with Gasteiger partial charge >= 0.3 is 5.69 Å². The third kappa shape index (κ3) is 3.70. The van der Waals surface area contributed by atoms with Gasteiger partial charge in [0.05, 0.1) is 4.92 Å². The zero-order valence-electron chi connectivity index (χ0n) is 12.8. The van der Waals surface area contributed by atoms with Crippen LogP contribution in [0, 0.1) is 10.1 Å². The number of nitrogens with one attached hydrogen (secondary N) is 1. The predicted octanol–water partition coefficient (Wildman–Crippen LogP) is 3.10. The van der Waals surface area contributed by atoms with E-state index in [4.69, 9.17) is 0 Å². The van der Waals surface area contributed by atoms with Crippen LogP contribution in [0.5, 0.6) is 0 Å². The van der Waals surface area contributed by atoms with Crippen LogP contribution >= 0.6 is 0 Å². The van der Waals surface area contributed by atoms with Crippen molar-refractivity contribution < 1.29 is 4.92 Å². The molecule has 0 atom stereocenters. The first-order chi connectivity index (χ1) is 11.7. The van der Waals surface area contributed by atoms with E-state index in [0.29, 0.717) is 30.2 Å². The summed E-state index contributed by atoms with van der Waals surface area (Å²) in [6.45, 7) is 0.586. The number of rotatable bonds is 6. The number of benzene rings is 1. The third-order valence-electron chi connectivity index (χ3n) is 3.40. The standard InChI is InChI=1S/C17H15N5O2/c23-22(24)15-12-20-17(19-11-9-14-8-4-5-10-18-14)21-16(15)13-6-2-1-3-7-13/h1-8,10,12H,9,11H2,(H,19,20,21). The molecule has 7 heteroatoms. The molecule has 120 valence electrons. The van der Waals surface area contributed by atoms with E-state index < -0.39 is 4.92 Å². The first-order valence-electron chi connectivity index (χ1n) is 7.44. The predicted molar refractivity (Wildman–Crippen MR) is 90.6 cm³/mol. The summed E-state index contributed by atoms with van der Waals surface area (Å²) in [7, 11) is 0. The zero-order chi connectivity index (χ0) is 16.8.